The van der Waals surface area contributed by atoms with Crippen molar-refractivity contribution in [2.45, 2.75) is 50.5 Å². The van der Waals surface area contributed by atoms with Crippen LogP contribution in [0.1, 0.15) is 32.1 Å². The van der Waals surface area contributed by atoms with Crippen LogP contribution in [-0.4, -0.2) is 32.9 Å². The molecule has 3 aliphatic rings. The van der Waals surface area contributed by atoms with Gasteiger partial charge in [0.15, 0.2) is 11.6 Å². The summed E-state index contributed by atoms with van der Waals surface area (Å²) >= 11 is 0. The number of benzene rings is 2. The lowest BCUT2D eigenvalue weighted by molar-refractivity contribution is -0.181. The quantitative estimate of drug-likeness (QED) is 0.702. The fraction of sp³-hybridized carbons (Fsp3) is 0.423. The molecule has 2 aromatic rings. The van der Waals surface area contributed by atoms with Crippen molar-refractivity contribution >= 4 is 24.2 Å². The summed E-state index contributed by atoms with van der Waals surface area (Å²) in [6.07, 6.45) is 4.33. The van der Waals surface area contributed by atoms with Gasteiger partial charge in [0.2, 0.25) is 0 Å². The predicted octanol–water partition coefficient (Wildman–Crippen LogP) is 4.08. The summed E-state index contributed by atoms with van der Waals surface area (Å²) in [7, 11) is -2.09. The van der Waals surface area contributed by atoms with Gasteiger partial charge in [0, 0.05) is 19.3 Å². The Kier molecular flexibility index (Phi) is 5.26. The molecular weight excluding hydrogens is 388 g/mol. The summed E-state index contributed by atoms with van der Waals surface area (Å²) in [5.41, 5.74) is 2.53. The second-order valence-corrected chi connectivity index (χ2v) is 13.4. The number of Topliss-reactive ketones (excluding diaryl/α,β-unsaturated/α-hetero) is 1. The molecule has 1 atom stereocenters. The van der Waals surface area contributed by atoms with Crippen LogP contribution in [0, 0.1) is 5.92 Å². The number of fused-ring (bicyclic) bond motifs is 1. The molecule has 2 aliphatic carbocycles. The highest BCUT2D eigenvalue weighted by atomic mass is 28.3. The van der Waals surface area contributed by atoms with Gasteiger partial charge in [0.25, 0.3) is 0 Å². The lowest BCUT2D eigenvalue weighted by Gasteiger charge is -2.42. The van der Waals surface area contributed by atoms with Crippen molar-refractivity contribution in [3.63, 3.8) is 0 Å². The molecule has 3 nitrogen and oxygen atoms in total. The van der Waals surface area contributed by atoms with Gasteiger partial charge in [0.1, 0.15) is 8.07 Å². The number of carbonyl (C=O) groups excluding carboxylic acids is 1. The maximum atomic E-state index is 13.2. The Morgan fingerprint density at radius 2 is 1.53 bits per heavy atom. The van der Waals surface area contributed by atoms with E-state index in [0.29, 0.717) is 31.3 Å². The zero-order chi connectivity index (χ0) is 20.6. The SMILES string of the molecule is C[Si](CC1=C2CCC3(CC2CCC1=O)OCCO3)(c1ccccc1)c1ccccc1. The molecule has 1 spiro atoms. The molecular formula is C26H30O3Si. The van der Waals surface area contributed by atoms with E-state index in [9.17, 15) is 4.79 Å². The molecule has 0 amide bonds. The number of rotatable bonds is 4. The maximum absolute atomic E-state index is 13.2. The van der Waals surface area contributed by atoms with Crippen LogP contribution >= 0.6 is 0 Å². The maximum Gasteiger partial charge on any atom is 0.169 e. The first-order valence-electron chi connectivity index (χ1n) is 11.2. The Hall–Kier alpha value is -2.01. The lowest BCUT2D eigenvalue weighted by Crippen LogP contribution is -2.56. The lowest BCUT2D eigenvalue weighted by atomic mass is 9.72. The van der Waals surface area contributed by atoms with Gasteiger partial charge in [-0.05, 0) is 30.4 Å². The largest absolute Gasteiger partial charge is 0.348 e. The molecule has 0 radical (unpaired) electrons. The molecule has 1 saturated heterocycles. The normalized spacial score (nSPS) is 23.6. The zero-order valence-corrected chi connectivity index (χ0v) is 18.7. The van der Waals surface area contributed by atoms with E-state index in [0.717, 1.165) is 37.3 Å². The van der Waals surface area contributed by atoms with Gasteiger partial charge in [-0.1, -0.05) is 83.2 Å². The molecule has 1 heterocycles. The zero-order valence-electron chi connectivity index (χ0n) is 17.7. The van der Waals surface area contributed by atoms with E-state index < -0.39 is 8.07 Å². The second kappa shape index (κ2) is 7.91. The van der Waals surface area contributed by atoms with Crippen LogP contribution in [0.4, 0.5) is 0 Å². The van der Waals surface area contributed by atoms with E-state index in [1.807, 2.05) is 0 Å². The van der Waals surface area contributed by atoms with Crippen molar-refractivity contribution in [1.82, 2.24) is 0 Å². The minimum absolute atomic E-state index is 0.371. The van der Waals surface area contributed by atoms with Gasteiger partial charge in [-0.3, -0.25) is 4.79 Å². The first-order chi connectivity index (χ1) is 14.6. The van der Waals surface area contributed by atoms with E-state index in [1.54, 1.807) is 0 Å². The Morgan fingerprint density at radius 3 is 2.13 bits per heavy atom. The number of ether oxygens (including phenoxy) is 2. The van der Waals surface area contributed by atoms with E-state index >= 15 is 0 Å². The molecule has 0 bridgehead atoms. The average Bonchev–Trinajstić information content (AvgIpc) is 3.24. The third-order valence-corrected chi connectivity index (χ3v) is 11.7. The third-order valence-electron chi connectivity index (χ3n) is 7.44. The molecule has 30 heavy (non-hydrogen) atoms. The summed E-state index contributed by atoms with van der Waals surface area (Å²) in [6, 6.07) is 22.6. The van der Waals surface area contributed by atoms with Crippen molar-refractivity contribution in [3.8, 4) is 0 Å². The standard InChI is InChI=1S/C26H30O3Si/c1-30(21-8-4-2-5-9-21,22-10-6-3-7-11-22)19-24-23-14-15-26(28-16-17-29-26)18-20(23)12-13-25(24)27/h2-11,20H,12-19H2,1H3. The topological polar surface area (TPSA) is 35.5 Å². The Balaban J connectivity index is 1.54. The highest BCUT2D eigenvalue weighted by Crippen LogP contribution is 2.47. The molecule has 5 rings (SSSR count). The Bertz CT molecular complexity index is 905. The monoisotopic (exact) mass is 418 g/mol. The minimum Gasteiger partial charge on any atom is -0.348 e. The van der Waals surface area contributed by atoms with Crippen molar-refractivity contribution in [3.05, 3.63) is 71.8 Å². The van der Waals surface area contributed by atoms with E-state index in [2.05, 4.69) is 67.2 Å². The molecule has 1 saturated carbocycles. The van der Waals surface area contributed by atoms with Crippen LogP contribution in [0.5, 0.6) is 0 Å². The van der Waals surface area contributed by atoms with Crippen molar-refractivity contribution in [2.24, 2.45) is 5.92 Å². The fourth-order valence-corrected chi connectivity index (χ4v) is 9.48. The first kappa shape index (κ1) is 19.9. The third kappa shape index (κ3) is 3.51. The number of ketones is 1. The van der Waals surface area contributed by atoms with Gasteiger partial charge in [-0.2, -0.15) is 0 Å². The summed E-state index contributed by atoms with van der Waals surface area (Å²) in [4.78, 5) is 13.2. The van der Waals surface area contributed by atoms with Crippen molar-refractivity contribution in [1.29, 1.82) is 0 Å². The highest BCUT2D eigenvalue weighted by Gasteiger charge is 2.46. The molecule has 0 N–H and O–H groups in total. The summed E-state index contributed by atoms with van der Waals surface area (Å²) in [5, 5.41) is 2.79. The first-order valence-corrected chi connectivity index (χ1v) is 13.9. The van der Waals surface area contributed by atoms with Crippen molar-refractivity contribution < 1.29 is 14.3 Å². The van der Waals surface area contributed by atoms with Gasteiger partial charge in [-0.25, -0.2) is 0 Å². The highest BCUT2D eigenvalue weighted by molar-refractivity contribution is 7.01. The molecule has 1 unspecified atom stereocenters. The van der Waals surface area contributed by atoms with Crippen LogP contribution in [0.25, 0.3) is 0 Å². The fourth-order valence-electron chi connectivity index (χ4n) is 5.75. The van der Waals surface area contributed by atoms with Crippen LogP contribution in [0.3, 0.4) is 0 Å². The summed E-state index contributed by atoms with van der Waals surface area (Å²) in [6.45, 7) is 3.82. The van der Waals surface area contributed by atoms with Gasteiger partial charge in [-0.15, -0.1) is 0 Å². The average molecular weight is 419 g/mol. The Labute approximate surface area is 180 Å². The molecule has 4 heteroatoms. The summed E-state index contributed by atoms with van der Waals surface area (Å²) in [5.74, 6) is 0.407. The van der Waals surface area contributed by atoms with E-state index in [-0.39, 0.29) is 5.79 Å². The van der Waals surface area contributed by atoms with Gasteiger partial charge >= 0.3 is 0 Å². The van der Waals surface area contributed by atoms with E-state index in [1.165, 1.54) is 15.9 Å². The Morgan fingerprint density at radius 1 is 0.933 bits per heavy atom. The van der Waals surface area contributed by atoms with Crippen LogP contribution in [0.15, 0.2) is 71.8 Å². The molecule has 156 valence electrons. The van der Waals surface area contributed by atoms with E-state index in [4.69, 9.17) is 9.47 Å². The molecule has 2 fully saturated rings. The van der Waals surface area contributed by atoms with Crippen LogP contribution < -0.4 is 10.4 Å². The predicted molar refractivity (Wildman–Crippen MR) is 122 cm³/mol. The van der Waals surface area contributed by atoms with Crippen LogP contribution in [0.2, 0.25) is 12.6 Å². The molecule has 0 aromatic heterocycles. The smallest absolute Gasteiger partial charge is 0.169 e. The van der Waals surface area contributed by atoms with Gasteiger partial charge in [0.05, 0.1) is 13.2 Å². The van der Waals surface area contributed by atoms with Crippen LogP contribution in [-0.2, 0) is 14.3 Å². The van der Waals surface area contributed by atoms with Crippen molar-refractivity contribution in [2.75, 3.05) is 13.2 Å². The second-order valence-electron chi connectivity index (χ2n) is 9.22. The van der Waals surface area contributed by atoms with Gasteiger partial charge < -0.3 is 9.47 Å². The molecule has 2 aromatic carbocycles. The number of hydrogen-bond donors (Lipinski definition) is 0. The minimum atomic E-state index is -2.09. The number of carbonyl (C=O) groups is 1. The number of hydrogen-bond acceptors (Lipinski definition) is 3. The molecule has 1 aliphatic heterocycles. The summed E-state index contributed by atoms with van der Waals surface area (Å²) < 4.78 is 12.0. The number of allylic oxidation sites excluding steroid dienone is 2.